The maximum Gasteiger partial charge on any atom is 0.273 e. The van der Waals surface area contributed by atoms with Crippen LogP contribution in [0.5, 0.6) is 0 Å². The van der Waals surface area contributed by atoms with Gasteiger partial charge in [0.15, 0.2) is 5.69 Å². The van der Waals surface area contributed by atoms with Gasteiger partial charge in [-0.1, -0.05) is 40.1 Å². The molecule has 0 spiro atoms. The number of hydrogen-bond acceptors (Lipinski definition) is 4. The summed E-state index contributed by atoms with van der Waals surface area (Å²) in [6, 6.07) is 8.84. The molecule has 0 aliphatic carbocycles. The lowest BCUT2D eigenvalue weighted by atomic mass is 9.91. The SMILES string of the molecule is CCC(O)(CNC(=O)c1ccon1)c1ccc(Br)cc1. The monoisotopic (exact) mass is 338 g/mol. The van der Waals surface area contributed by atoms with Crippen molar-refractivity contribution < 1.29 is 14.4 Å². The number of aliphatic hydroxyl groups is 1. The normalized spacial score (nSPS) is 13.8. The minimum absolute atomic E-state index is 0.108. The average Bonchev–Trinajstić information content (AvgIpc) is 2.99. The number of amides is 1. The molecule has 1 unspecified atom stereocenters. The van der Waals surface area contributed by atoms with Crippen molar-refractivity contribution >= 4 is 21.8 Å². The molecule has 0 saturated heterocycles. The molecule has 0 aliphatic heterocycles. The molecule has 2 N–H and O–H groups in total. The third kappa shape index (κ3) is 3.26. The summed E-state index contributed by atoms with van der Waals surface area (Å²) < 4.78 is 5.55. The summed E-state index contributed by atoms with van der Waals surface area (Å²) in [6.07, 6.45) is 1.81. The van der Waals surface area contributed by atoms with Gasteiger partial charge in [0, 0.05) is 10.5 Å². The Bertz CT molecular complexity index is 569. The Kier molecular flexibility index (Phi) is 4.57. The molecule has 0 radical (unpaired) electrons. The molecule has 6 heteroatoms. The van der Waals surface area contributed by atoms with Crippen LogP contribution in [0.3, 0.4) is 0 Å². The number of halogens is 1. The summed E-state index contributed by atoms with van der Waals surface area (Å²) in [5, 5.41) is 16.9. The van der Waals surface area contributed by atoms with Crippen molar-refractivity contribution in [3.05, 3.63) is 52.3 Å². The molecule has 1 aromatic carbocycles. The zero-order valence-electron chi connectivity index (χ0n) is 11.0. The number of carbonyl (C=O) groups is 1. The third-order valence-electron chi connectivity index (χ3n) is 3.18. The molecular weight excluding hydrogens is 324 g/mol. The van der Waals surface area contributed by atoms with E-state index in [0.717, 1.165) is 10.0 Å². The average molecular weight is 339 g/mol. The van der Waals surface area contributed by atoms with Gasteiger partial charge in [0.2, 0.25) is 0 Å². The van der Waals surface area contributed by atoms with E-state index in [0.29, 0.717) is 6.42 Å². The van der Waals surface area contributed by atoms with Crippen molar-refractivity contribution in [2.24, 2.45) is 0 Å². The van der Waals surface area contributed by atoms with E-state index in [4.69, 9.17) is 0 Å². The molecule has 1 heterocycles. The van der Waals surface area contributed by atoms with E-state index in [9.17, 15) is 9.90 Å². The smallest absolute Gasteiger partial charge is 0.273 e. The van der Waals surface area contributed by atoms with E-state index < -0.39 is 5.60 Å². The molecule has 1 amide bonds. The largest absolute Gasteiger partial charge is 0.383 e. The van der Waals surface area contributed by atoms with Gasteiger partial charge >= 0.3 is 0 Å². The van der Waals surface area contributed by atoms with Crippen molar-refractivity contribution in [2.75, 3.05) is 6.54 Å². The summed E-state index contributed by atoms with van der Waals surface area (Å²) in [7, 11) is 0. The fraction of sp³-hybridized carbons (Fsp3) is 0.286. The molecule has 1 aromatic heterocycles. The van der Waals surface area contributed by atoms with Gasteiger partial charge in [0.25, 0.3) is 5.91 Å². The standard InChI is InChI=1S/C14H15BrN2O3/c1-2-14(19,10-3-5-11(15)6-4-10)9-16-13(18)12-7-8-20-17-12/h3-8,19H,2,9H2,1H3,(H,16,18). The van der Waals surface area contributed by atoms with E-state index in [-0.39, 0.29) is 18.1 Å². The predicted octanol–water partition coefficient (Wildman–Crippen LogP) is 2.46. The first kappa shape index (κ1) is 14.7. The highest BCUT2D eigenvalue weighted by atomic mass is 79.9. The van der Waals surface area contributed by atoms with Crippen LogP contribution in [0, 0.1) is 0 Å². The summed E-state index contributed by atoms with van der Waals surface area (Å²) in [4.78, 5) is 11.8. The summed E-state index contributed by atoms with van der Waals surface area (Å²) in [5.74, 6) is -0.372. The van der Waals surface area contributed by atoms with Crippen LogP contribution in [0.25, 0.3) is 0 Å². The molecule has 106 valence electrons. The zero-order chi connectivity index (χ0) is 14.6. The number of carbonyl (C=O) groups excluding carboxylic acids is 1. The second-order valence-corrected chi connectivity index (χ2v) is 5.38. The van der Waals surface area contributed by atoms with Crippen LogP contribution < -0.4 is 5.32 Å². The second kappa shape index (κ2) is 6.19. The van der Waals surface area contributed by atoms with Crippen LogP contribution in [0.2, 0.25) is 0 Å². The van der Waals surface area contributed by atoms with E-state index in [2.05, 4.69) is 30.9 Å². The molecular formula is C14H15BrN2O3. The number of hydrogen-bond donors (Lipinski definition) is 2. The molecule has 20 heavy (non-hydrogen) atoms. The first-order valence-electron chi connectivity index (χ1n) is 6.22. The van der Waals surface area contributed by atoms with Crippen LogP contribution in [-0.4, -0.2) is 22.7 Å². The van der Waals surface area contributed by atoms with Gasteiger partial charge in [0.05, 0.1) is 6.54 Å². The van der Waals surface area contributed by atoms with Crippen LogP contribution >= 0.6 is 15.9 Å². The van der Waals surface area contributed by atoms with E-state index >= 15 is 0 Å². The number of rotatable bonds is 5. The fourth-order valence-corrected chi connectivity index (χ4v) is 2.10. The van der Waals surface area contributed by atoms with E-state index in [1.807, 2.05) is 31.2 Å². The molecule has 0 aliphatic rings. The minimum atomic E-state index is -1.11. The molecule has 2 rings (SSSR count). The van der Waals surface area contributed by atoms with Crippen LogP contribution in [-0.2, 0) is 5.60 Å². The molecule has 0 bridgehead atoms. The van der Waals surface area contributed by atoms with Gasteiger partial charge in [-0.25, -0.2) is 0 Å². The van der Waals surface area contributed by atoms with Gasteiger partial charge < -0.3 is 14.9 Å². The Hall–Kier alpha value is -1.66. The highest BCUT2D eigenvalue weighted by molar-refractivity contribution is 9.10. The summed E-state index contributed by atoms with van der Waals surface area (Å²) >= 11 is 3.35. The van der Waals surface area contributed by atoms with Crippen LogP contribution in [0.1, 0.15) is 29.4 Å². The Labute approximate surface area is 125 Å². The van der Waals surface area contributed by atoms with Gasteiger partial charge in [-0.2, -0.15) is 0 Å². The van der Waals surface area contributed by atoms with Crippen LogP contribution in [0.15, 0.2) is 45.6 Å². The van der Waals surface area contributed by atoms with Gasteiger partial charge in [-0.3, -0.25) is 4.79 Å². The van der Waals surface area contributed by atoms with E-state index in [1.54, 1.807) is 0 Å². The third-order valence-corrected chi connectivity index (χ3v) is 3.71. The highest BCUT2D eigenvalue weighted by Crippen LogP contribution is 2.25. The summed E-state index contributed by atoms with van der Waals surface area (Å²) in [6.45, 7) is 1.97. The minimum Gasteiger partial charge on any atom is -0.383 e. The first-order chi connectivity index (χ1) is 9.55. The maximum atomic E-state index is 11.8. The lowest BCUT2D eigenvalue weighted by molar-refractivity contribution is 0.0313. The molecule has 0 fully saturated rings. The van der Waals surface area contributed by atoms with Crippen molar-refractivity contribution in [3.63, 3.8) is 0 Å². The highest BCUT2D eigenvalue weighted by Gasteiger charge is 2.28. The van der Waals surface area contributed by atoms with Crippen LogP contribution in [0.4, 0.5) is 0 Å². The fourth-order valence-electron chi connectivity index (χ4n) is 1.84. The number of aromatic nitrogens is 1. The first-order valence-corrected chi connectivity index (χ1v) is 7.01. The molecule has 0 saturated carbocycles. The Morgan fingerprint density at radius 3 is 2.65 bits per heavy atom. The lowest BCUT2D eigenvalue weighted by Crippen LogP contribution is -2.40. The second-order valence-electron chi connectivity index (χ2n) is 4.46. The maximum absolute atomic E-state index is 11.8. The topological polar surface area (TPSA) is 75.4 Å². The van der Waals surface area contributed by atoms with Crippen molar-refractivity contribution in [3.8, 4) is 0 Å². The predicted molar refractivity (Wildman–Crippen MR) is 77.2 cm³/mol. The van der Waals surface area contributed by atoms with Gasteiger partial charge in [-0.15, -0.1) is 0 Å². The van der Waals surface area contributed by atoms with Gasteiger partial charge in [0.1, 0.15) is 11.9 Å². The van der Waals surface area contributed by atoms with Crippen molar-refractivity contribution in [1.82, 2.24) is 10.5 Å². The molecule has 1 atom stereocenters. The van der Waals surface area contributed by atoms with Gasteiger partial charge in [-0.05, 0) is 24.1 Å². The Morgan fingerprint density at radius 2 is 2.10 bits per heavy atom. The summed E-state index contributed by atoms with van der Waals surface area (Å²) in [5.41, 5.74) is -0.164. The van der Waals surface area contributed by atoms with E-state index in [1.165, 1.54) is 12.3 Å². The lowest BCUT2D eigenvalue weighted by Gasteiger charge is -2.27. The molecule has 2 aromatic rings. The number of nitrogens with one attached hydrogen (secondary N) is 1. The Morgan fingerprint density at radius 1 is 1.40 bits per heavy atom. The van der Waals surface area contributed by atoms with Crippen molar-refractivity contribution in [2.45, 2.75) is 18.9 Å². The van der Waals surface area contributed by atoms with Crippen molar-refractivity contribution in [1.29, 1.82) is 0 Å². The Balaban J connectivity index is 2.08. The quantitative estimate of drug-likeness (QED) is 0.878. The number of nitrogens with zero attached hydrogens (tertiary/aromatic N) is 1. The number of benzene rings is 1. The zero-order valence-corrected chi connectivity index (χ0v) is 12.6. The molecule has 5 nitrogen and oxygen atoms in total.